The Hall–Kier alpha value is -2.55. The van der Waals surface area contributed by atoms with E-state index in [2.05, 4.69) is 10.5 Å². The van der Waals surface area contributed by atoms with Crippen molar-refractivity contribution >= 4 is 11.6 Å². The minimum atomic E-state index is -0.328. The topological polar surface area (TPSA) is 94.7 Å². The van der Waals surface area contributed by atoms with Crippen LogP contribution in [0.3, 0.4) is 0 Å². The molecule has 0 aromatic heterocycles. The summed E-state index contributed by atoms with van der Waals surface area (Å²) in [4.78, 5) is 11.2. The van der Waals surface area contributed by atoms with Crippen LogP contribution in [-0.2, 0) is 11.2 Å². The zero-order valence-corrected chi connectivity index (χ0v) is 11.3. The van der Waals surface area contributed by atoms with Gasteiger partial charge in [0, 0.05) is 0 Å². The number of hydrogen-bond donors (Lipinski definition) is 2. The highest BCUT2D eigenvalue weighted by atomic mass is 16.5. The molecule has 0 aliphatic rings. The third-order valence-corrected chi connectivity index (χ3v) is 2.60. The van der Waals surface area contributed by atoms with Crippen LogP contribution in [0, 0.1) is 11.3 Å². The van der Waals surface area contributed by atoms with Crippen LogP contribution >= 0.6 is 0 Å². The van der Waals surface area contributed by atoms with Crippen molar-refractivity contribution in [3.05, 3.63) is 29.8 Å². The van der Waals surface area contributed by atoms with E-state index in [1.54, 1.807) is 19.1 Å². The molecule has 0 bridgehead atoms. The quantitative estimate of drug-likeness (QED) is 0.341. The molecule has 0 aliphatic carbocycles. The first-order valence-electron chi connectivity index (χ1n) is 6.18. The van der Waals surface area contributed by atoms with Crippen molar-refractivity contribution in [1.29, 1.82) is 5.26 Å². The Morgan fingerprint density at radius 1 is 1.45 bits per heavy atom. The summed E-state index contributed by atoms with van der Waals surface area (Å²) in [6, 6.07) is 9.16. The fourth-order valence-electron chi connectivity index (χ4n) is 1.47. The van der Waals surface area contributed by atoms with Crippen molar-refractivity contribution in [3.63, 3.8) is 0 Å². The molecular formula is C14H17N3O3. The van der Waals surface area contributed by atoms with Crippen LogP contribution in [0.15, 0.2) is 29.4 Å². The number of rotatable bonds is 7. The van der Waals surface area contributed by atoms with Gasteiger partial charge < -0.3 is 15.3 Å². The smallest absolute Gasteiger partial charge is 0.258 e. The molecule has 0 aliphatic heterocycles. The van der Waals surface area contributed by atoms with Crippen molar-refractivity contribution in [1.82, 2.24) is 5.32 Å². The molecule has 6 heteroatoms. The molecule has 20 heavy (non-hydrogen) atoms. The molecule has 0 saturated heterocycles. The number of nitriles is 1. The van der Waals surface area contributed by atoms with Gasteiger partial charge in [-0.25, -0.2) is 0 Å². The van der Waals surface area contributed by atoms with E-state index >= 15 is 0 Å². The number of nitrogens with one attached hydrogen (secondary N) is 1. The molecule has 1 amide bonds. The Kier molecular flexibility index (Phi) is 6.62. The van der Waals surface area contributed by atoms with Gasteiger partial charge in [-0.1, -0.05) is 17.3 Å². The van der Waals surface area contributed by atoms with E-state index in [9.17, 15) is 4.79 Å². The number of ether oxygens (including phenoxy) is 1. The van der Waals surface area contributed by atoms with Crippen LogP contribution in [-0.4, -0.2) is 30.0 Å². The minimum Gasteiger partial charge on any atom is -0.484 e. The Morgan fingerprint density at radius 2 is 2.15 bits per heavy atom. The predicted molar refractivity (Wildman–Crippen MR) is 73.8 cm³/mol. The third kappa shape index (κ3) is 5.87. The zero-order chi connectivity index (χ0) is 14.8. The molecular weight excluding hydrogens is 258 g/mol. The highest BCUT2D eigenvalue weighted by Gasteiger charge is 2.02. The van der Waals surface area contributed by atoms with Crippen LogP contribution in [0.4, 0.5) is 0 Å². The lowest BCUT2D eigenvalue weighted by atomic mass is 10.1. The van der Waals surface area contributed by atoms with E-state index < -0.39 is 0 Å². The van der Waals surface area contributed by atoms with E-state index in [0.717, 1.165) is 12.0 Å². The standard InChI is InChI=1S/C14H17N3O3/c1-11(17-19)2-3-12-4-6-13(7-5-12)20-10-14(18)16-9-8-15/h4-7,19H,2-3,9-10H2,1H3,(H,16,18)/b17-11+. The molecule has 0 fully saturated rings. The number of oxime groups is 1. The third-order valence-electron chi connectivity index (χ3n) is 2.60. The van der Waals surface area contributed by atoms with Crippen molar-refractivity contribution < 1.29 is 14.7 Å². The van der Waals surface area contributed by atoms with E-state index in [-0.39, 0.29) is 19.1 Å². The van der Waals surface area contributed by atoms with Gasteiger partial charge in [0.2, 0.25) is 0 Å². The van der Waals surface area contributed by atoms with Gasteiger partial charge in [-0.2, -0.15) is 5.26 Å². The summed E-state index contributed by atoms with van der Waals surface area (Å²) in [5.74, 6) is 0.263. The molecule has 106 valence electrons. The van der Waals surface area contributed by atoms with Gasteiger partial charge in [-0.15, -0.1) is 0 Å². The van der Waals surface area contributed by atoms with Gasteiger partial charge in [0.05, 0.1) is 11.8 Å². The van der Waals surface area contributed by atoms with Gasteiger partial charge in [-0.05, 0) is 37.5 Å². The molecule has 2 N–H and O–H groups in total. The van der Waals surface area contributed by atoms with Crippen LogP contribution in [0.1, 0.15) is 18.9 Å². The van der Waals surface area contributed by atoms with Crippen molar-refractivity contribution in [3.8, 4) is 11.8 Å². The lowest BCUT2D eigenvalue weighted by molar-refractivity contribution is -0.122. The van der Waals surface area contributed by atoms with Gasteiger partial charge in [-0.3, -0.25) is 4.79 Å². The fraction of sp³-hybridized carbons (Fsp3) is 0.357. The normalized spacial score (nSPS) is 10.7. The average molecular weight is 275 g/mol. The number of amides is 1. The second-order valence-corrected chi connectivity index (χ2v) is 4.20. The van der Waals surface area contributed by atoms with Crippen molar-refractivity contribution in [2.75, 3.05) is 13.2 Å². The Bertz CT molecular complexity index is 503. The van der Waals surface area contributed by atoms with Crippen molar-refractivity contribution in [2.45, 2.75) is 19.8 Å². The Labute approximate surface area is 117 Å². The first-order valence-corrected chi connectivity index (χ1v) is 6.18. The molecule has 1 aromatic carbocycles. The molecule has 0 heterocycles. The summed E-state index contributed by atoms with van der Waals surface area (Å²) in [7, 11) is 0. The molecule has 0 spiro atoms. The SMILES string of the molecule is C/C(CCc1ccc(OCC(=O)NCC#N)cc1)=N\O. The summed E-state index contributed by atoms with van der Waals surface area (Å²) in [5, 5.41) is 22.4. The number of hydrogen-bond acceptors (Lipinski definition) is 5. The molecule has 0 saturated carbocycles. The summed E-state index contributed by atoms with van der Waals surface area (Å²) in [6.45, 7) is 1.63. The number of carbonyl (C=O) groups excluding carboxylic acids is 1. The monoisotopic (exact) mass is 275 g/mol. The van der Waals surface area contributed by atoms with E-state index in [1.165, 1.54) is 0 Å². The van der Waals surface area contributed by atoms with Crippen LogP contribution in [0.5, 0.6) is 5.75 Å². The van der Waals surface area contributed by atoms with Gasteiger partial charge >= 0.3 is 0 Å². The number of benzene rings is 1. The number of nitrogens with zero attached hydrogens (tertiary/aromatic N) is 2. The second kappa shape index (κ2) is 8.53. The first kappa shape index (κ1) is 15.5. The first-order chi connectivity index (χ1) is 9.65. The molecule has 6 nitrogen and oxygen atoms in total. The van der Waals surface area contributed by atoms with Gasteiger partial charge in [0.1, 0.15) is 12.3 Å². The molecule has 0 radical (unpaired) electrons. The molecule has 0 unspecified atom stereocenters. The van der Waals surface area contributed by atoms with Gasteiger partial charge in [0.15, 0.2) is 6.61 Å². The van der Waals surface area contributed by atoms with Crippen LogP contribution < -0.4 is 10.1 Å². The molecule has 1 aromatic rings. The lowest BCUT2D eigenvalue weighted by Crippen LogP contribution is -2.28. The lowest BCUT2D eigenvalue weighted by Gasteiger charge is -2.06. The maximum atomic E-state index is 11.2. The number of carbonyl (C=O) groups is 1. The highest BCUT2D eigenvalue weighted by molar-refractivity contribution is 5.81. The summed E-state index contributed by atoms with van der Waals surface area (Å²) in [5.41, 5.74) is 1.77. The van der Waals surface area contributed by atoms with E-state index in [4.69, 9.17) is 15.2 Å². The Balaban J connectivity index is 2.39. The largest absolute Gasteiger partial charge is 0.484 e. The molecule has 1 rings (SSSR count). The van der Waals surface area contributed by atoms with E-state index in [1.807, 2.05) is 18.2 Å². The van der Waals surface area contributed by atoms with E-state index in [0.29, 0.717) is 17.9 Å². The second-order valence-electron chi connectivity index (χ2n) is 4.20. The average Bonchev–Trinajstić information content (AvgIpc) is 2.49. The molecule has 0 atom stereocenters. The Morgan fingerprint density at radius 3 is 2.75 bits per heavy atom. The highest BCUT2D eigenvalue weighted by Crippen LogP contribution is 2.13. The van der Waals surface area contributed by atoms with Crippen molar-refractivity contribution in [2.24, 2.45) is 5.16 Å². The van der Waals surface area contributed by atoms with Crippen LogP contribution in [0.2, 0.25) is 0 Å². The fourth-order valence-corrected chi connectivity index (χ4v) is 1.47. The minimum absolute atomic E-state index is 0.0209. The maximum Gasteiger partial charge on any atom is 0.258 e. The summed E-state index contributed by atoms with van der Waals surface area (Å²) in [6.07, 6.45) is 1.46. The van der Waals surface area contributed by atoms with Gasteiger partial charge in [0.25, 0.3) is 5.91 Å². The maximum absolute atomic E-state index is 11.2. The zero-order valence-electron chi connectivity index (χ0n) is 11.3. The summed E-state index contributed by atoms with van der Waals surface area (Å²) < 4.78 is 5.28. The predicted octanol–water partition coefficient (Wildman–Crippen LogP) is 1.49. The van der Waals surface area contributed by atoms with Crippen LogP contribution in [0.25, 0.3) is 0 Å². The summed E-state index contributed by atoms with van der Waals surface area (Å²) >= 11 is 0. The number of aryl methyl sites for hydroxylation is 1.